The molecule has 0 saturated carbocycles. The van der Waals surface area contributed by atoms with Crippen LogP contribution in [0.4, 0.5) is 5.69 Å². The zero-order chi connectivity index (χ0) is 18.8. The van der Waals surface area contributed by atoms with Crippen LogP contribution in [-0.2, 0) is 14.8 Å². The summed E-state index contributed by atoms with van der Waals surface area (Å²) in [6.07, 6.45) is 0.555. The molecule has 2 aromatic rings. The van der Waals surface area contributed by atoms with E-state index in [0.717, 1.165) is 11.1 Å². The standard InChI is InChI=1S/C18H24N2O4S/c1-5-12(2)17(18(21)22)19-25(23,24)16-11-7-8-13-14(16)9-6-10-15(13)20(3)4/h6-12,17,19H,5H2,1-4H3,(H,21,22)/t12-,17-/m1/s1. The first-order valence-electron chi connectivity index (χ1n) is 8.13. The number of carbonyl (C=O) groups is 1. The summed E-state index contributed by atoms with van der Waals surface area (Å²) < 4.78 is 28.1. The summed E-state index contributed by atoms with van der Waals surface area (Å²) in [6, 6.07) is 9.29. The van der Waals surface area contributed by atoms with E-state index in [1.54, 1.807) is 25.1 Å². The molecule has 2 N–H and O–H groups in total. The predicted molar refractivity (Wildman–Crippen MR) is 99.5 cm³/mol. The lowest BCUT2D eigenvalue weighted by Crippen LogP contribution is -2.44. The van der Waals surface area contributed by atoms with Crippen LogP contribution in [0, 0.1) is 5.92 Å². The third-order valence-corrected chi connectivity index (χ3v) is 5.89. The molecule has 6 nitrogen and oxygen atoms in total. The van der Waals surface area contributed by atoms with Gasteiger partial charge in [0.2, 0.25) is 10.0 Å². The lowest BCUT2D eigenvalue weighted by Gasteiger charge is -2.21. The fourth-order valence-electron chi connectivity index (χ4n) is 2.77. The molecule has 136 valence electrons. The van der Waals surface area contributed by atoms with Crippen LogP contribution in [0.5, 0.6) is 0 Å². The van der Waals surface area contributed by atoms with Gasteiger partial charge in [-0.1, -0.05) is 44.5 Å². The molecule has 0 unspecified atom stereocenters. The van der Waals surface area contributed by atoms with E-state index in [0.29, 0.717) is 11.8 Å². The number of rotatable bonds is 7. The van der Waals surface area contributed by atoms with E-state index < -0.39 is 22.0 Å². The number of carboxylic acids is 1. The van der Waals surface area contributed by atoms with E-state index in [9.17, 15) is 18.3 Å². The van der Waals surface area contributed by atoms with Crippen molar-refractivity contribution >= 4 is 32.5 Å². The molecule has 0 radical (unpaired) electrons. The Kier molecular flexibility index (Phi) is 5.69. The average Bonchev–Trinajstić information content (AvgIpc) is 2.57. The first kappa shape index (κ1) is 19.2. The molecule has 2 rings (SSSR count). The van der Waals surface area contributed by atoms with Crippen LogP contribution in [0.3, 0.4) is 0 Å². The van der Waals surface area contributed by atoms with Crippen molar-refractivity contribution in [3.8, 4) is 0 Å². The highest BCUT2D eigenvalue weighted by Crippen LogP contribution is 2.30. The quantitative estimate of drug-likeness (QED) is 0.789. The molecule has 0 fully saturated rings. The van der Waals surface area contributed by atoms with Crippen molar-refractivity contribution in [3.63, 3.8) is 0 Å². The fraction of sp³-hybridized carbons (Fsp3) is 0.389. The number of sulfonamides is 1. The number of fused-ring (bicyclic) bond motifs is 1. The van der Waals surface area contributed by atoms with Gasteiger partial charge in [0.15, 0.2) is 0 Å². The lowest BCUT2D eigenvalue weighted by molar-refractivity contribution is -0.140. The molecule has 25 heavy (non-hydrogen) atoms. The van der Waals surface area contributed by atoms with E-state index >= 15 is 0 Å². The van der Waals surface area contributed by atoms with Gasteiger partial charge in [-0.3, -0.25) is 4.79 Å². The Hall–Kier alpha value is -2.12. The van der Waals surface area contributed by atoms with Gasteiger partial charge in [-0.15, -0.1) is 0 Å². The number of hydrogen-bond donors (Lipinski definition) is 2. The number of aliphatic carboxylic acids is 1. The van der Waals surface area contributed by atoms with Gasteiger partial charge in [0, 0.05) is 30.6 Å². The maximum absolute atomic E-state index is 12.9. The smallest absolute Gasteiger partial charge is 0.322 e. The zero-order valence-corrected chi connectivity index (χ0v) is 15.7. The minimum absolute atomic E-state index is 0.0863. The van der Waals surface area contributed by atoms with Gasteiger partial charge in [-0.2, -0.15) is 4.72 Å². The molecule has 0 spiro atoms. The number of carboxylic acid groups (broad SMARTS) is 1. The number of nitrogens with zero attached hydrogens (tertiary/aromatic N) is 1. The molecule has 2 aromatic carbocycles. The molecular formula is C18H24N2O4S. The summed E-state index contributed by atoms with van der Waals surface area (Å²) in [5.41, 5.74) is 0.895. The van der Waals surface area contributed by atoms with Gasteiger partial charge in [-0.05, 0) is 18.1 Å². The monoisotopic (exact) mass is 364 g/mol. The second-order valence-corrected chi connectivity index (χ2v) is 8.03. The molecule has 0 heterocycles. The first-order valence-corrected chi connectivity index (χ1v) is 9.61. The van der Waals surface area contributed by atoms with Crippen LogP contribution in [-0.4, -0.2) is 39.6 Å². The molecule has 7 heteroatoms. The summed E-state index contributed by atoms with van der Waals surface area (Å²) in [7, 11) is -0.205. The van der Waals surface area contributed by atoms with Crippen molar-refractivity contribution < 1.29 is 18.3 Å². The molecule has 0 aromatic heterocycles. The Morgan fingerprint density at radius 3 is 2.32 bits per heavy atom. The minimum Gasteiger partial charge on any atom is -0.480 e. The lowest BCUT2D eigenvalue weighted by atomic mass is 10.0. The Balaban J connectivity index is 2.57. The van der Waals surface area contributed by atoms with Crippen LogP contribution < -0.4 is 9.62 Å². The van der Waals surface area contributed by atoms with Crippen molar-refractivity contribution in [2.75, 3.05) is 19.0 Å². The molecule has 2 atom stereocenters. The Morgan fingerprint density at radius 1 is 1.16 bits per heavy atom. The van der Waals surface area contributed by atoms with Gasteiger partial charge >= 0.3 is 5.97 Å². The topological polar surface area (TPSA) is 86.7 Å². The van der Waals surface area contributed by atoms with Gasteiger partial charge in [0.05, 0.1) is 4.90 Å². The third-order valence-electron chi connectivity index (χ3n) is 4.39. The SMILES string of the molecule is CC[C@@H](C)[C@@H](NS(=O)(=O)c1cccc2c(N(C)C)cccc12)C(=O)O. The van der Waals surface area contributed by atoms with Gasteiger partial charge in [0.1, 0.15) is 6.04 Å². The number of nitrogens with one attached hydrogen (secondary N) is 1. The van der Waals surface area contributed by atoms with E-state index in [-0.39, 0.29) is 10.8 Å². The van der Waals surface area contributed by atoms with Crippen molar-refractivity contribution in [3.05, 3.63) is 36.4 Å². The Labute approximate surface area is 148 Å². The largest absolute Gasteiger partial charge is 0.480 e. The van der Waals surface area contributed by atoms with Crippen LogP contribution in [0.2, 0.25) is 0 Å². The first-order chi connectivity index (χ1) is 11.7. The van der Waals surface area contributed by atoms with Crippen molar-refractivity contribution in [1.82, 2.24) is 4.72 Å². The van der Waals surface area contributed by atoms with Gasteiger partial charge in [-0.25, -0.2) is 8.42 Å². The number of anilines is 1. The van der Waals surface area contributed by atoms with Crippen LogP contribution in [0.1, 0.15) is 20.3 Å². The van der Waals surface area contributed by atoms with E-state index in [4.69, 9.17) is 0 Å². The van der Waals surface area contributed by atoms with Gasteiger partial charge < -0.3 is 10.0 Å². The highest BCUT2D eigenvalue weighted by atomic mass is 32.2. The molecule has 0 saturated heterocycles. The molecule has 0 aliphatic rings. The summed E-state index contributed by atoms with van der Waals surface area (Å²) in [5, 5.41) is 10.7. The summed E-state index contributed by atoms with van der Waals surface area (Å²) in [5.74, 6) is -1.49. The van der Waals surface area contributed by atoms with E-state index in [2.05, 4.69) is 4.72 Å². The maximum atomic E-state index is 12.9. The second kappa shape index (κ2) is 7.41. The summed E-state index contributed by atoms with van der Waals surface area (Å²) >= 11 is 0. The normalized spacial score (nSPS) is 14.2. The second-order valence-electron chi connectivity index (χ2n) is 6.35. The summed E-state index contributed by atoms with van der Waals surface area (Å²) in [4.78, 5) is 13.5. The van der Waals surface area contributed by atoms with Crippen LogP contribution >= 0.6 is 0 Å². The molecule has 0 aliphatic heterocycles. The highest BCUT2D eigenvalue weighted by molar-refractivity contribution is 7.89. The number of hydrogen-bond acceptors (Lipinski definition) is 4. The third kappa shape index (κ3) is 3.93. The van der Waals surface area contributed by atoms with Crippen molar-refractivity contribution in [1.29, 1.82) is 0 Å². The Morgan fingerprint density at radius 2 is 1.76 bits per heavy atom. The molecule has 0 bridgehead atoms. The van der Waals surface area contributed by atoms with E-state index in [1.807, 2.05) is 38.1 Å². The van der Waals surface area contributed by atoms with Crippen molar-refractivity contribution in [2.24, 2.45) is 5.92 Å². The molecule has 0 aliphatic carbocycles. The van der Waals surface area contributed by atoms with Crippen molar-refractivity contribution in [2.45, 2.75) is 31.2 Å². The Bertz CT molecular complexity index is 878. The predicted octanol–water partition coefficient (Wildman–Crippen LogP) is 2.68. The zero-order valence-electron chi connectivity index (χ0n) is 14.9. The fourth-order valence-corrected chi connectivity index (χ4v) is 4.28. The molecular weight excluding hydrogens is 340 g/mol. The van der Waals surface area contributed by atoms with E-state index in [1.165, 1.54) is 6.07 Å². The average molecular weight is 364 g/mol. The number of benzene rings is 2. The highest BCUT2D eigenvalue weighted by Gasteiger charge is 2.30. The molecule has 0 amide bonds. The minimum atomic E-state index is -3.98. The maximum Gasteiger partial charge on any atom is 0.322 e. The van der Waals surface area contributed by atoms with Gasteiger partial charge in [0.25, 0.3) is 0 Å². The summed E-state index contributed by atoms with van der Waals surface area (Å²) in [6.45, 7) is 3.55. The van der Waals surface area contributed by atoms with Crippen LogP contribution in [0.25, 0.3) is 10.8 Å². The van der Waals surface area contributed by atoms with Crippen LogP contribution in [0.15, 0.2) is 41.3 Å².